The van der Waals surface area contributed by atoms with E-state index >= 15 is 0 Å². The first-order valence-corrected chi connectivity index (χ1v) is 7.41. The minimum Gasteiger partial charge on any atom is -0.487 e. The van der Waals surface area contributed by atoms with Gasteiger partial charge in [0.15, 0.2) is 0 Å². The molecule has 0 bridgehead atoms. The minimum atomic E-state index is -0.0375. The van der Waals surface area contributed by atoms with Gasteiger partial charge in [-0.2, -0.15) is 5.10 Å². The van der Waals surface area contributed by atoms with Gasteiger partial charge in [0, 0.05) is 18.8 Å². The van der Waals surface area contributed by atoms with E-state index in [2.05, 4.69) is 14.6 Å². The van der Waals surface area contributed by atoms with Crippen LogP contribution in [0.5, 0.6) is 5.75 Å². The van der Waals surface area contributed by atoms with Crippen LogP contribution in [0, 0.1) is 0 Å². The first-order chi connectivity index (χ1) is 10.6. The van der Waals surface area contributed by atoms with E-state index in [1.165, 1.54) is 0 Å². The van der Waals surface area contributed by atoms with Crippen LogP contribution in [-0.2, 0) is 13.6 Å². The zero-order chi connectivity index (χ0) is 15.5. The molecule has 0 amide bonds. The predicted molar refractivity (Wildman–Crippen MR) is 86.0 cm³/mol. The fraction of sp³-hybridized carbons (Fsp3) is 0.250. The van der Waals surface area contributed by atoms with Gasteiger partial charge < -0.3 is 9.30 Å². The second-order valence-corrected chi connectivity index (χ2v) is 5.60. The van der Waals surface area contributed by atoms with Gasteiger partial charge in [-0.3, -0.25) is 4.68 Å². The summed E-state index contributed by atoms with van der Waals surface area (Å²) in [6.07, 6.45) is 7.39. The van der Waals surface area contributed by atoms with Gasteiger partial charge in [-0.15, -0.1) is 0 Å². The maximum atomic E-state index is 6.12. The summed E-state index contributed by atoms with van der Waals surface area (Å²) in [6, 6.07) is 7.49. The highest BCUT2D eigenvalue weighted by Crippen LogP contribution is 2.25. The van der Waals surface area contributed by atoms with Crippen molar-refractivity contribution >= 4 is 11.6 Å². The Labute approximate surface area is 134 Å². The molecule has 3 rings (SSSR count). The lowest BCUT2D eigenvalue weighted by Gasteiger charge is -2.17. The Kier molecular flexibility index (Phi) is 4.15. The summed E-state index contributed by atoms with van der Waals surface area (Å²) in [5.41, 5.74) is 2.05. The smallest absolute Gasteiger partial charge is 0.138 e. The fourth-order valence-electron chi connectivity index (χ4n) is 2.33. The Balaban J connectivity index is 1.74. The second-order valence-electron chi connectivity index (χ2n) is 5.19. The lowest BCUT2D eigenvalue weighted by atomic mass is 10.2. The molecular formula is C16H17ClN4O. The zero-order valence-electron chi connectivity index (χ0n) is 12.5. The number of rotatable bonds is 5. The number of hydrogen-bond acceptors (Lipinski definition) is 3. The van der Waals surface area contributed by atoms with E-state index in [1.54, 1.807) is 11.0 Å². The summed E-state index contributed by atoms with van der Waals surface area (Å²) in [5, 5.41) is 4.82. The average Bonchev–Trinajstić information content (AvgIpc) is 3.10. The molecule has 0 spiro atoms. The van der Waals surface area contributed by atoms with Crippen LogP contribution in [0.25, 0.3) is 11.3 Å². The summed E-state index contributed by atoms with van der Waals surface area (Å²) in [7, 11) is 1.90. The van der Waals surface area contributed by atoms with E-state index in [4.69, 9.17) is 16.3 Å². The van der Waals surface area contributed by atoms with Crippen molar-refractivity contribution in [2.45, 2.75) is 19.6 Å². The Bertz CT molecular complexity index is 765. The molecule has 3 aromatic rings. The maximum absolute atomic E-state index is 6.12. The topological polar surface area (TPSA) is 44.9 Å². The first kappa shape index (κ1) is 14.7. The van der Waals surface area contributed by atoms with Gasteiger partial charge in [-0.1, -0.05) is 23.7 Å². The number of aromatic nitrogens is 4. The number of halogens is 1. The summed E-state index contributed by atoms with van der Waals surface area (Å²) in [4.78, 5) is 4.23. The molecule has 0 fully saturated rings. The van der Waals surface area contributed by atoms with Crippen molar-refractivity contribution in [2.24, 2.45) is 7.05 Å². The van der Waals surface area contributed by atoms with E-state index in [0.29, 0.717) is 17.3 Å². The molecule has 1 aromatic carbocycles. The average molecular weight is 317 g/mol. The van der Waals surface area contributed by atoms with E-state index in [-0.39, 0.29) is 6.10 Å². The minimum absolute atomic E-state index is 0.0375. The molecule has 0 saturated heterocycles. The van der Waals surface area contributed by atoms with Gasteiger partial charge in [0.25, 0.3) is 0 Å². The number of ether oxygens (including phenoxy) is 1. The molecule has 5 nitrogen and oxygen atoms in total. The van der Waals surface area contributed by atoms with Crippen LogP contribution in [0.1, 0.15) is 6.92 Å². The Hall–Kier alpha value is -2.27. The van der Waals surface area contributed by atoms with Crippen molar-refractivity contribution in [1.29, 1.82) is 0 Å². The molecule has 0 radical (unpaired) electrons. The summed E-state index contributed by atoms with van der Waals surface area (Å²) in [6.45, 7) is 2.69. The van der Waals surface area contributed by atoms with Gasteiger partial charge in [-0.25, -0.2) is 4.98 Å². The molecule has 6 heteroatoms. The summed E-state index contributed by atoms with van der Waals surface area (Å²) < 4.78 is 9.74. The fourth-order valence-corrected chi connectivity index (χ4v) is 2.51. The molecular weight excluding hydrogens is 300 g/mol. The van der Waals surface area contributed by atoms with E-state index in [1.807, 2.05) is 56.8 Å². The van der Waals surface area contributed by atoms with Crippen LogP contribution >= 0.6 is 11.6 Å². The van der Waals surface area contributed by atoms with Crippen LogP contribution in [0.15, 0.2) is 49.2 Å². The molecule has 0 N–H and O–H groups in total. The van der Waals surface area contributed by atoms with Crippen LogP contribution in [0.3, 0.4) is 0 Å². The Morgan fingerprint density at radius 2 is 2.09 bits per heavy atom. The molecule has 0 unspecified atom stereocenters. The third-order valence-corrected chi connectivity index (χ3v) is 3.64. The monoisotopic (exact) mass is 316 g/mol. The van der Waals surface area contributed by atoms with Gasteiger partial charge in [0.2, 0.25) is 0 Å². The van der Waals surface area contributed by atoms with E-state index < -0.39 is 0 Å². The number of aryl methyl sites for hydroxylation is 1. The third-order valence-electron chi connectivity index (χ3n) is 3.33. The maximum Gasteiger partial charge on any atom is 0.138 e. The van der Waals surface area contributed by atoms with Crippen molar-refractivity contribution in [3.63, 3.8) is 0 Å². The quantitative estimate of drug-likeness (QED) is 0.724. The van der Waals surface area contributed by atoms with Crippen LogP contribution in [0.2, 0.25) is 5.02 Å². The molecule has 2 heterocycles. The third kappa shape index (κ3) is 3.14. The molecule has 0 aliphatic rings. The molecule has 0 saturated carbocycles. The first-order valence-electron chi connectivity index (χ1n) is 7.04. The number of hydrogen-bond donors (Lipinski definition) is 0. The van der Waals surface area contributed by atoms with Gasteiger partial charge >= 0.3 is 0 Å². The zero-order valence-corrected chi connectivity index (χ0v) is 13.2. The highest BCUT2D eigenvalue weighted by Gasteiger charge is 2.12. The number of imidazole rings is 1. The van der Waals surface area contributed by atoms with Crippen LogP contribution in [-0.4, -0.2) is 25.4 Å². The highest BCUT2D eigenvalue weighted by atomic mass is 35.5. The van der Waals surface area contributed by atoms with Crippen molar-refractivity contribution in [1.82, 2.24) is 19.3 Å². The largest absolute Gasteiger partial charge is 0.487 e. The number of para-hydroxylation sites is 1. The highest BCUT2D eigenvalue weighted by molar-refractivity contribution is 6.32. The van der Waals surface area contributed by atoms with E-state index in [0.717, 1.165) is 11.3 Å². The summed E-state index contributed by atoms with van der Waals surface area (Å²) in [5.74, 6) is 0.694. The predicted octanol–water partition coefficient (Wildman–Crippen LogP) is 3.40. The molecule has 114 valence electrons. The molecule has 22 heavy (non-hydrogen) atoms. The standard InChI is InChI=1S/C16H17ClN4O/c1-12(22-16-6-4-3-5-14(16)17)9-21-11-18-8-15(21)13-7-19-20(2)10-13/h3-8,10-12H,9H2,1-2H3/t12-/m1/s1. The summed E-state index contributed by atoms with van der Waals surface area (Å²) >= 11 is 6.12. The lowest BCUT2D eigenvalue weighted by Crippen LogP contribution is -2.19. The van der Waals surface area contributed by atoms with E-state index in [9.17, 15) is 0 Å². The van der Waals surface area contributed by atoms with Crippen molar-refractivity contribution in [3.8, 4) is 17.0 Å². The van der Waals surface area contributed by atoms with Crippen LogP contribution in [0.4, 0.5) is 0 Å². The number of nitrogens with zero attached hydrogens (tertiary/aromatic N) is 4. The van der Waals surface area contributed by atoms with Gasteiger partial charge in [-0.05, 0) is 19.1 Å². The molecule has 2 aromatic heterocycles. The second kappa shape index (κ2) is 6.23. The molecule has 0 aliphatic carbocycles. The van der Waals surface area contributed by atoms with Crippen LogP contribution < -0.4 is 4.74 Å². The van der Waals surface area contributed by atoms with Gasteiger partial charge in [0.1, 0.15) is 11.9 Å². The Morgan fingerprint density at radius 3 is 2.82 bits per heavy atom. The molecule has 1 atom stereocenters. The van der Waals surface area contributed by atoms with Gasteiger partial charge in [0.05, 0.1) is 36.0 Å². The Morgan fingerprint density at radius 1 is 1.27 bits per heavy atom. The van der Waals surface area contributed by atoms with Crippen molar-refractivity contribution in [3.05, 3.63) is 54.2 Å². The lowest BCUT2D eigenvalue weighted by molar-refractivity contribution is 0.200. The molecule has 0 aliphatic heterocycles. The SMILES string of the molecule is C[C@H](Cn1cncc1-c1cnn(C)c1)Oc1ccccc1Cl. The normalized spacial score (nSPS) is 12.3. The van der Waals surface area contributed by atoms with Crippen molar-refractivity contribution in [2.75, 3.05) is 0 Å². The number of benzene rings is 1. The van der Waals surface area contributed by atoms with Crippen molar-refractivity contribution < 1.29 is 4.74 Å².